The van der Waals surface area contributed by atoms with Crippen molar-refractivity contribution in [1.82, 2.24) is 10.2 Å². The summed E-state index contributed by atoms with van der Waals surface area (Å²) in [5.41, 5.74) is 0.865. The van der Waals surface area contributed by atoms with Gasteiger partial charge in [0.2, 0.25) is 5.91 Å². The van der Waals surface area contributed by atoms with Crippen LogP contribution in [-0.2, 0) is 20.9 Å². The monoisotopic (exact) mass is 396 g/mol. The quantitative estimate of drug-likeness (QED) is 0.547. The van der Waals surface area contributed by atoms with Crippen LogP contribution in [0.4, 0.5) is 0 Å². The Bertz CT molecular complexity index is 671. The molecule has 0 aliphatic carbocycles. The number of aliphatic carboxylic acids is 2. The third kappa shape index (κ3) is 7.43. The normalized spacial score (nSPS) is 14.7. The highest BCUT2D eigenvalue weighted by molar-refractivity contribution is 6.27. The molecule has 1 saturated heterocycles. The van der Waals surface area contributed by atoms with Gasteiger partial charge in [-0.1, -0.05) is 12.1 Å². The van der Waals surface area contributed by atoms with Gasteiger partial charge in [-0.05, 0) is 45.8 Å². The number of nitrogens with zero attached hydrogens (tertiary/aromatic N) is 1. The number of piperidine rings is 1. The first-order valence-electron chi connectivity index (χ1n) is 8.99. The number of amides is 1. The highest BCUT2D eigenvalue weighted by Crippen LogP contribution is 2.31. The lowest BCUT2D eigenvalue weighted by Gasteiger charge is -2.31. The number of carboxylic acids is 2. The van der Waals surface area contributed by atoms with Crippen LogP contribution >= 0.6 is 0 Å². The summed E-state index contributed by atoms with van der Waals surface area (Å²) in [6.07, 6.45) is 1.73. The second kappa shape index (κ2) is 11.1. The number of carboxylic acid groups (broad SMARTS) is 2. The number of hydrogen-bond donors (Lipinski definition) is 4. The summed E-state index contributed by atoms with van der Waals surface area (Å²) in [5, 5.41) is 27.9. The molecule has 0 atom stereocenters. The molecule has 0 radical (unpaired) electrons. The van der Waals surface area contributed by atoms with Crippen LogP contribution in [0.3, 0.4) is 0 Å². The summed E-state index contributed by atoms with van der Waals surface area (Å²) in [6, 6.07) is 5.74. The standard InChI is InChI=1S/C17H26N2O3.C2H2O4/c1-12(2)18-17(21)13-7-9-19(10-8-13)11-14-5-4-6-15(22-3)16(14)20;3-1(4)2(5)6/h4-6,12-13,20H,7-11H2,1-3H3,(H,18,21);(H,3,4)(H,5,6). The van der Waals surface area contributed by atoms with Crippen LogP contribution in [0.25, 0.3) is 0 Å². The van der Waals surface area contributed by atoms with Crippen molar-refractivity contribution in [3.05, 3.63) is 23.8 Å². The van der Waals surface area contributed by atoms with Gasteiger partial charge in [0.05, 0.1) is 7.11 Å². The molecule has 28 heavy (non-hydrogen) atoms. The number of carbonyl (C=O) groups is 3. The van der Waals surface area contributed by atoms with Crippen molar-refractivity contribution in [3.63, 3.8) is 0 Å². The van der Waals surface area contributed by atoms with Gasteiger partial charge in [-0.2, -0.15) is 0 Å². The Morgan fingerprint density at radius 2 is 1.75 bits per heavy atom. The highest BCUT2D eigenvalue weighted by Gasteiger charge is 2.25. The number of rotatable bonds is 5. The molecule has 0 unspecified atom stereocenters. The number of phenolic OH excluding ortho intramolecular Hbond substituents is 1. The SMILES string of the molecule is COc1cccc(CN2CCC(C(=O)NC(C)C)CC2)c1O.O=C(O)C(=O)O. The van der Waals surface area contributed by atoms with E-state index in [1.165, 1.54) is 0 Å². The lowest BCUT2D eigenvalue weighted by atomic mass is 9.95. The van der Waals surface area contributed by atoms with E-state index in [-0.39, 0.29) is 23.6 Å². The predicted octanol–water partition coefficient (Wildman–Crippen LogP) is 1.29. The molecule has 2 rings (SSSR count). The minimum absolute atomic E-state index is 0.109. The van der Waals surface area contributed by atoms with Crippen molar-refractivity contribution >= 4 is 17.8 Å². The second-order valence-electron chi connectivity index (χ2n) is 6.79. The van der Waals surface area contributed by atoms with E-state index in [0.717, 1.165) is 31.5 Å². The summed E-state index contributed by atoms with van der Waals surface area (Å²) in [7, 11) is 1.55. The zero-order chi connectivity index (χ0) is 21.3. The van der Waals surface area contributed by atoms with Gasteiger partial charge in [-0.15, -0.1) is 0 Å². The van der Waals surface area contributed by atoms with E-state index in [0.29, 0.717) is 12.3 Å². The summed E-state index contributed by atoms with van der Waals surface area (Å²) in [6.45, 7) is 6.39. The first-order chi connectivity index (χ1) is 13.1. The van der Waals surface area contributed by atoms with Crippen LogP contribution in [0.5, 0.6) is 11.5 Å². The molecule has 1 aliphatic rings. The Hall–Kier alpha value is -2.81. The van der Waals surface area contributed by atoms with Crippen LogP contribution in [-0.4, -0.2) is 64.3 Å². The molecule has 9 nitrogen and oxygen atoms in total. The number of nitrogens with one attached hydrogen (secondary N) is 1. The van der Waals surface area contributed by atoms with Crippen molar-refractivity contribution in [2.24, 2.45) is 5.92 Å². The molecule has 156 valence electrons. The zero-order valence-electron chi connectivity index (χ0n) is 16.3. The largest absolute Gasteiger partial charge is 0.504 e. The fourth-order valence-electron chi connectivity index (χ4n) is 2.86. The minimum atomic E-state index is -1.82. The number of ether oxygens (including phenoxy) is 1. The van der Waals surface area contributed by atoms with Crippen molar-refractivity contribution in [1.29, 1.82) is 0 Å². The molecule has 1 aliphatic heterocycles. The average Bonchev–Trinajstić information content (AvgIpc) is 2.64. The van der Waals surface area contributed by atoms with Crippen LogP contribution in [0.2, 0.25) is 0 Å². The zero-order valence-corrected chi connectivity index (χ0v) is 16.3. The Balaban J connectivity index is 0.000000568. The van der Waals surface area contributed by atoms with Crippen LogP contribution in [0.1, 0.15) is 32.3 Å². The number of para-hydroxylation sites is 1. The van der Waals surface area contributed by atoms with Crippen molar-refractivity contribution in [2.75, 3.05) is 20.2 Å². The van der Waals surface area contributed by atoms with Gasteiger partial charge in [-0.3, -0.25) is 9.69 Å². The second-order valence-corrected chi connectivity index (χ2v) is 6.79. The average molecular weight is 396 g/mol. The fraction of sp³-hybridized carbons (Fsp3) is 0.526. The maximum Gasteiger partial charge on any atom is 0.414 e. The maximum absolute atomic E-state index is 12.0. The van der Waals surface area contributed by atoms with Crippen molar-refractivity contribution < 1.29 is 34.4 Å². The van der Waals surface area contributed by atoms with Crippen molar-refractivity contribution in [3.8, 4) is 11.5 Å². The molecule has 0 saturated carbocycles. The van der Waals surface area contributed by atoms with E-state index in [1.54, 1.807) is 13.2 Å². The predicted molar refractivity (Wildman–Crippen MR) is 101 cm³/mol. The van der Waals surface area contributed by atoms with E-state index in [4.69, 9.17) is 24.5 Å². The van der Waals surface area contributed by atoms with E-state index in [9.17, 15) is 9.90 Å². The molecule has 1 heterocycles. The van der Waals surface area contributed by atoms with E-state index < -0.39 is 11.9 Å². The summed E-state index contributed by atoms with van der Waals surface area (Å²) in [4.78, 5) is 32.5. The third-order valence-corrected chi connectivity index (χ3v) is 4.27. The number of phenols is 1. The number of benzene rings is 1. The highest BCUT2D eigenvalue weighted by atomic mass is 16.5. The smallest absolute Gasteiger partial charge is 0.414 e. The van der Waals surface area contributed by atoms with Gasteiger partial charge in [-0.25, -0.2) is 9.59 Å². The van der Waals surface area contributed by atoms with Gasteiger partial charge in [0, 0.05) is 24.1 Å². The van der Waals surface area contributed by atoms with Gasteiger partial charge in [0.25, 0.3) is 0 Å². The Kier molecular flexibility index (Phi) is 9.23. The van der Waals surface area contributed by atoms with Crippen LogP contribution in [0.15, 0.2) is 18.2 Å². The number of methoxy groups -OCH3 is 1. The molecular formula is C19H28N2O7. The molecule has 0 bridgehead atoms. The molecule has 4 N–H and O–H groups in total. The fourth-order valence-corrected chi connectivity index (χ4v) is 2.86. The van der Waals surface area contributed by atoms with Crippen LogP contribution < -0.4 is 10.1 Å². The number of hydrogen-bond acceptors (Lipinski definition) is 6. The van der Waals surface area contributed by atoms with Crippen molar-refractivity contribution in [2.45, 2.75) is 39.3 Å². The maximum atomic E-state index is 12.0. The topological polar surface area (TPSA) is 136 Å². The van der Waals surface area contributed by atoms with Crippen LogP contribution in [0, 0.1) is 5.92 Å². The van der Waals surface area contributed by atoms with Gasteiger partial charge in [0.15, 0.2) is 11.5 Å². The Morgan fingerprint density at radius 1 is 1.18 bits per heavy atom. The number of carbonyl (C=O) groups excluding carboxylic acids is 1. The van der Waals surface area contributed by atoms with Gasteiger partial charge >= 0.3 is 11.9 Å². The molecule has 1 fully saturated rings. The lowest BCUT2D eigenvalue weighted by Crippen LogP contribution is -2.42. The number of likely N-dealkylation sites (tertiary alicyclic amines) is 1. The van der Waals surface area contributed by atoms with E-state index >= 15 is 0 Å². The minimum Gasteiger partial charge on any atom is -0.504 e. The molecule has 0 spiro atoms. The first-order valence-corrected chi connectivity index (χ1v) is 8.99. The first kappa shape index (κ1) is 23.2. The summed E-state index contributed by atoms with van der Waals surface area (Å²) < 4.78 is 5.14. The molecule has 0 aromatic heterocycles. The number of aromatic hydroxyl groups is 1. The third-order valence-electron chi connectivity index (χ3n) is 4.27. The van der Waals surface area contributed by atoms with E-state index in [2.05, 4.69) is 10.2 Å². The molecule has 1 aromatic rings. The lowest BCUT2D eigenvalue weighted by molar-refractivity contribution is -0.159. The molecule has 1 aromatic carbocycles. The Labute approximate surface area is 163 Å². The van der Waals surface area contributed by atoms with Gasteiger partial charge < -0.3 is 25.4 Å². The van der Waals surface area contributed by atoms with Gasteiger partial charge in [0.1, 0.15) is 0 Å². The summed E-state index contributed by atoms with van der Waals surface area (Å²) in [5.74, 6) is -2.66. The van der Waals surface area contributed by atoms with E-state index in [1.807, 2.05) is 26.0 Å². The summed E-state index contributed by atoms with van der Waals surface area (Å²) >= 11 is 0. The molecule has 1 amide bonds. The Morgan fingerprint density at radius 3 is 2.21 bits per heavy atom. The molecular weight excluding hydrogens is 368 g/mol. The molecule has 9 heteroatoms.